The highest BCUT2D eigenvalue weighted by Crippen LogP contribution is 2.43. The van der Waals surface area contributed by atoms with E-state index in [1.54, 1.807) is 0 Å². The Balaban J connectivity index is 0.00000253. The molecule has 0 saturated heterocycles. The smallest absolute Gasteiger partial charge is 0.304 e. The molecule has 0 fully saturated rings. The largest absolute Gasteiger partial charge is 1.00 e. The molecule has 5 aromatic rings. The van der Waals surface area contributed by atoms with Crippen LogP contribution < -0.4 is 21.5 Å². The van der Waals surface area contributed by atoms with Gasteiger partial charge in [-0.15, -0.1) is 0 Å². The number of aliphatic hydroxyl groups is 1. The average molecular weight is 653 g/mol. The third-order valence-corrected chi connectivity index (χ3v) is 7.53. The summed E-state index contributed by atoms with van der Waals surface area (Å²) >= 11 is 7.09. The molecular formula is C29H21Br3N2O. The van der Waals surface area contributed by atoms with Crippen molar-refractivity contribution in [1.82, 2.24) is 4.57 Å². The number of imidazole rings is 1. The summed E-state index contributed by atoms with van der Waals surface area (Å²) in [5.74, 6) is 0.822. The summed E-state index contributed by atoms with van der Waals surface area (Å²) in [6, 6.07) is 34.9. The van der Waals surface area contributed by atoms with Gasteiger partial charge in [-0.1, -0.05) is 86.5 Å². The van der Waals surface area contributed by atoms with Gasteiger partial charge in [0, 0.05) is 20.9 Å². The van der Waals surface area contributed by atoms with Crippen LogP contribution in [-0.4, -0.2) is 9.67 Å². The SMILES string of the molecule is OC1(c2ccc(Br)cc2)CC(c2ccc(Br)cc2)=C[n+]2c1n(-c1ccccc1)c1ccccc12.[Br-]. The molecule has 6 heteroatoms. The first-order valence-corrected chi connectivity index (χ1v) is 12.7. The van der Waals surface area contributed by atoms with Crippen LogP contribution in [-0.2, 0) is 5.60 Å². The average Bonchev–Trinajstić information content (AvgIpc) is 3.21. The van der Waals surface area contributed by atoms with E-state index in [1.807, 2.05) is 66.7 Å². The number of nitrogens with zero attached hydrogens (tertiary/aromatic N) is 2. The van der Waals surface area contributed by atoms with Crippen LogP contribution in [0.1, 0.15) is 23.4 Å². The second kappa shape index (κ2) is 9.51. The summed E-state index contributed by atoms with van der Waals surface area (Å²) in [4.78, 5) is 0. The molecule has 3 nitrogen and oxygen atoms in total. The van der Waals surface area contributed by atoms with Crippen molar-refractivity contribution in [3.05, 3.63) is 129 Å². The molecule has 1 N–H and O–H groups in total. The predicted octanol–water partition coefficient (Wildman–Crippen LogP) is 4.08. The van der Waals surface area contributed by atoms with E-state index < -0.39 is 5.60 Å². The molecule has 35 heavy (non-hydrogen) atoms. The number of hydrogen-bond donors (Lipinski definition) is 1. The minimum Gasteiger partial charge on any atom is -1.00 e. The second-order valence-corrected chi connectivity index (χ2v) is 10.4. The molecule has 1 atom stereocenters. The molecule has 1 unspecified atom stereocenters. The molecule has 174 valence electrons. The molecule has 0 spiro atoms. The molecule has 4 aromatic carbocycles. The Kier molecular flexibility index (Phi) is 6.57. The fourth-order valence-electron chi connectivity index (χ4n) is 4.90. The van der Waals surface area contributed by atoms with Crippen LogP contribution in [0.25, 0.3) is 28.5 Å². The standard InChI is InChI=1S/C29H21Br2N2O.BrH/c30-23-14-10-20(11-15-23)21-18-29(34,22-12-16-24(31)17-13-22)28-32(19-21)26-8-4-5-9-27(26)33(28)25-6-2-1-3-7-25;/h1-17,19,34H,18H2;1H/q+1;/p-1. The van der Waals surface area contributed by atoms with Crippen molar-refractivity contribution in [3.63, 3.8) is 0 Å². The number of rotatable bonds is 3. The van der Waals surface area contributed by atoms with Gasteiger partial charge >= 0.3 is 5.82 Å². The van der Waals surface area contributed by atoms with Gasteiger partial charge in [-0.05, 0) is 59.7 Å². The van der Waals surface area contributed by atoms with Crippen LogP contribution in [0.15, 0.2) is 112 Å². The second-order valence-electron chi connectivity index (χ2n) is 8.56. The van der Waals surface area contributed by atoms with Crippen LogP contribution in [0.5, 0.6) is 0 Å². The predicted molar refractivity (Wildman–Crippen MR) is 144 cm³/mol. The Labute approximate surface area is 231 Å². The zero-order valence-electron chi connectivity index (χ0n) is 18.6. The number of fused-ring (bicyclic) bond motifs is 3. The van der Waals surface area contributed by atoms with Crippen molar-refractivity contribution in [2.75, 3.05) is 0 Å². The van der Waals surface area contributed by atoms with Gasteiger partial charge in [-0.25, -0.2) is 0 Å². The first-order valence-electron chi connectivity index (χ1n) is 11.1. The molecule has 0 radical (unpaired) electrons. The Hall–Kier alpha value is -2.51. The minimum atomic E-state index is -1.24. The molecule has 0 bridgehead atoms. The highest BCUT2D eigenvalue weighted by Gasteiger charge is 2.48. The third-order valence-electron chi connectivity index (χ3n) is 6.47. The lowest BCUT2D eigenvalue weighted by Crippen LogP contribution is -3.00. The van der Waals surface area contributed by atoms with Gasteiger partial charge in [0.25, 0.3) is 0 Å². The van der Waals surface area contributed by atoms with E-state index in [-0.39, 0.29) is 17.0 Å². The fraction of sp³-hybridized carbons (Fsp3) is 0.0690. The van der Waals surface area contributed by atoms with Crippen LogP contribution in [0.2, 0.25) is 0 Å². The van der Waals surface area contributed by atoms with Crippen LogP contribution in [0.4, 0.5) is 0 Å². The van der Waals surface area contributed by atoms with Gasteiger partial charge in [0.2, 0.25) is 0 Å². The van der Waals surface area contributed by atoms with Crippen molar-refractivity contribution >= 4 is 54.7 Å². The van der Waals surface area contributed by atoms with Crippen LogP contribution in [0, 0.1) is 0 Å². The van der Waals surface area contributed by atoms with Gasteiger partial charge in [0.15, 0.2) is 16.6 Å². The maximum Gasteiger partial charge on any atom is 0.304 e. The van der Waals surface area contributed by atoms with Crippen molar-refractivity contribution in [3.8, 4) is 5.69 Å². The van der Waals surface area contributed by atoms with Crippen molar-refractivity contribution in [2.24, 2.45) is 0 Å². The van der Waals surface area contributed by atoms with E-state index in [9.17, 15) is 5.11 Å². The maximum atomic E-state index is 12.6. The minimum absolute atomic E-state index is 0. The Bertz CT molecular complexity index is 1540. The Morgan fingerprint density at radius 3 is 2.03 bits per heavy atom. The van der Waals surface area contributed by atoms with E-state index in [0.29, 0.717) is 6.42 Å². The molecule has 1 aromatic heterocycles. The van der Waals surface area contributed by atoms with Crippen LogP contribution >= 0.6 is 31.9 Å². The first-order chi connectivity index (χ1) is 16.5. The van der Waals surface area contributed by atoms with Gasteiger partial charge in [0.1, 0.15) is 11.9 Å². The van der Waals surface area contributed by atoms with Gasteiger partial charge in [0.05, 0.1) is 0 Å². The summed E-state index contributed by atoms with van der Waals surface area (Å²) < 4.78 is 6.36. The van der Waals surface area contributed by atoms with E-state index in [0.717, 1.165) is 48.2 Å². The summed E-state index contributed by atoms with van der Waals surface area (Å²) in [5.41, 5.74) is 4.89. The zero-order valence-corrected chi connectivity index (χ0v) is 23.3. The van der Waals surface area contributed by atoms with Crippen molar-refractivity contribution in [2.45, 2.75) is 12.0 Å². The van der Waals surface area contributed by atoms with E-state index in [2.05, 4.69) is 83.6 Å². The summed E-state index contributed by atoms with van der Waals surface area (Å²) in [5, 5.41) is 12.6. The summed E-state index contributed by atoms with van der Waals surface area (Å²) in [6.45, 7) is 0. The van der Waals surface area contributed by atoms with Crippen molar-refractivity contribution < 1.29 is 26.7 Å². The monoisotopic (exact) mass is 650 g/mol. The quantitative estimate of drug-likeness (QED) is 0.293. The van der Waals surface area contributed by atoms with Gasteiger partial charge < -0.3 is 22.1 Å². The third kappa shape index (κ3) is 4.12. The number of aromatic nitrogens is 2. The first kappa shape index (κ1) is 24.2. The lowest BCUT2D eigenvalue weighted by atomic mass is 9.82. The number of benzene rings is 4. The lowest BCUT2D eigenvalue weighted by molar-refractivity contribution is -0.561. The van der Waals surface area contributed by atoms with E-state index in [4.69, 9.17) is 0 Å². The molecule has 0 saturated carbocycles. The summed E-state index contributed by atoms with van der Waals surface area (Å²) in [7, 11) is 0. The zero-order chi connectivity index (χ0) is 23.3. The molecule has 0 amide bonds. The van der Waals surface area contributed by atoms with Gasteiger partial charge in [-0.2, -0.15) is 9.13 Å². The van der Waals surface area contributed by atoms with E-state index in [1.165, 1.54) is 0 Å². The molecule has 1 aliphatic heterocycles. The highest BCUT2D eigenvalue weighted by molar-refractivity contribution is 9.10. The van der Waals surface area contributed by atoms with Crippen LogP contribution in [0.3, 0.4) is 0 Å². The molecule has 6 rings (SSSR count). The molecule has 2 heterocycles. The molecule has 1 aliphatic rings. The number of halogens is 3. The van der Waals surface area contributed by atoms with E-state index >= 15 is 0 Å². The Morgan fingerprint density at radius 1 is 0.743 bits per heavy atom. The van der Waals surface area contributed by atoms with Gasteiger partial charge in [-0.3, -0.25) is 0 Å². The number of hydrogen-bond acceptors (Lipinski definition) is 1. The maximum absolute atomic E-state index is 12.6. The normalized spacial score (nSPS) is 16.9. The topological polar surface area (TPSA) is 29.0 Å². The lowest BCUT2D eigenvalue weighted by Gasteiger charge is -2.30. The van der Waals surface area contributed by atoms with Crippen molar-refractivity contribution in [1.29, 1.82) is 0 Å². The molecular weight excluding hydrogens is 632 g/mol. The number of para-hydroxylation sites is 3. The fourth-order valence-corrected chi connectivity index (χ4v) is 5.43. The Morgan fingerprint density at radius 2 is 1.34 bits per heavy atom. The highest BCUT2D eigenvalue weighted by atomic mass is 79.9. The summed E-state index contributed by atoms with van der Waals surface area (Å²) in [6.07, 6.45) is 2.63. The molecule has 0 aliphatic carbocycles.